The van der Waals surface area contributed by atoms with Crippen molar-refractivity contribution in [3.8, 4) is 0 Å². The maximum absolute atomic E-state index is 12.5. The topological polar surface area (TPSA) is 70.2 Å². The molecule has 0 saturated carbocycles. The van der Waals surface area contributed by atoms with Crippen LogP contribution in [-0.2, 0) is 9.53 Å². The van der Waals surface area contributed by atoms with Crippen molar-refractivity contribution < 1.29 is 19.1 Å². The second-order valence-corrected chi connectivity index (χ2v) is 5.95. The van der Waals surface area contributed by atoms with Crippen molar-refractivity contribution in [2.45, 2.75) is 12.5 Å². The predicted octanol–water partition coefficient (Wildman–Crippen LogP) is 0.946. The zero-order chi connectivity index (χ0) is 16.6. The molecule has 2 fully saturated rings. The number of hydrogen-bond acceptors (Lipinski definition) is 5. The van der Waals surface area contributed by atoms with Crippen LogP contribution in [0.2, 0.25) is 0 Å². The number of nitrogens with zero attached hydrogens (tertiary/aromatic N) is 3. The van der Waals surface area contributed by atoms with E-state index in [4.69, 9.17) is 4.74 Å². The molecule has 0 radical (unpaired) electrons. The Balaban J connectivity index is 1.67. The first-order valence-electron chi connectivity index (χ1n) is 7.53. The lowest BCUT2D eigenvalue weighted by Gasteiger charge is -2.21. The Labute approximate surface area is 134 Å². The summed E-state index contributed by atoms with van der Waals surface area (Å²) in [7, 11) is 3.88. The highest BCUT2D eigenvalue weighted by molar-refractivity contribution is 5.98. The molecule has 0 bridgehead atoms. The number of cyclic esters (lactones) is 1. The molecule has 122 valence electrons. The van der Waals surface area contributed by atoms with E-state index in [9.17, 15) is 14.4 Å². The van der Waals surface area contributed by atoms with Gasteiger partial charge >= 0.3 is 6.09 Å². The molecule has 0 spiro atoms. The normalized spacial score (nSPS) is 20.9. The summed E-state index contributed by atoms with van der Waals surface area (Å²) >= 11 is 0. The van der Waals surface area contributed by atoms with Crippen LogP contribution in [0.5, 0.6) is 0 Å². The first kappa shape index (κ1) is 15.3. The standard InChI is InChI=1S/C16H19N3O4/c1-17(2)12-5-3-11(4-6-12)15(21)18-8-7-13(9-18)19-14(20)10-23-16(19)22/h3-6,13H,7-10H2,1-2H3. The van der Waals surface area contributed by atoms with Gasteiger partial charge in [0, 0.05) is 38.4 Å². The van der Waals surface area contributed by atoms with Gasteiger partial charge in [0.2, 0.25) is 0 Å². The van der Waals surface area contributed by atoms with Crippen LogP contribution in [0.15, 0.2) is 24.3 Å². The maximum atomic E-state index is 12.5. The molecule has 3 amide bonds. The molecular weight excluding hydrogens is 298 g/mol. The zero-order valence-electron chi connectivity index (χ0n) is 13.2. The van der Waals surface area contributed by atoms with Gasteiger partial charge in [0.25, 0.3) is 11.8 Å². The third kappa shape index (κ3) is 2.86. The van der Waals surface area contributed by atoms with Gasteiger partial charge in [-0.15, -0.1) is 0 Å². The third-order valence-corrected chi connectivity index (χ3v) is 4.23. The molecule has 7 heteroatoms. The summed E-state index contributed by atoms with van der Waals surface area (Å²) in [5.74, 6) is -0.414. The van der Waals surface area contributed by atoms with Crippen molar-refractivity contribution in [2.75, 3.05) is 38.7 Å². The van der Waals surface area contributed by atoms with Gasteiger partial charge in [-0.05, 0) is 30.7 Å². The van der Waals surface area contributed by atoms with Gasteiger partial charge in [-0.1, -0.05) is 0 Å². The van der Waals surface area contributed by atoms with Crippen LogP contribution in [0.25, 0.3) is 0 Å². The SMILES string of the molecule is CN(C)c1ccc(C(=O)N2CCC(N3C(=O)COC3=O)C2)cc1. The first-order valence-corrected chi connectivity index (χ1v) is 7.53. The minimum Gasteiger partial charge on any atom is -0.439 e. The highest BCUT2D eigenvalue weighted by Crippen LogP contribution is 2.22. The Morgan fingerprint density at radius 2 is 1.91 bits per heavy atom. The summed E-state index contributed by atoms with van der Waals surface area (Å²) in [6.45, 7) is 0.681. The fraction of sp³-hybridized carbons (Fsp3) is 0.438. The van der Waals surface area contributed by atoms with E-state index >= 15 is 0 Å². The number of carbonyl (C=O) groups is 3. The Morgan fingerprint density at radius 1 is 1.22 bits per heavy atom. The van der Waals surface area contributed by atoms with Crippen molar-refractivity contribution in [1.82, 2.24) is 9.80 Å². The minimum atomic E-state index is -0.607. The molecule has 3 rings (SSSR count). The number of hydrogen-bond donors (Lipinski definition) is 0. The number of anilines is 1. The summed E-state index contributed by atoms with van der Waals surface area (Å²) in [6, 6.07) is 7.08. The third-order valence-electron chi connectivity index (χ3n) is 4.23. The molecule has 2 aliphatic rings. The van der Waals surface area contributed by atoms with Crippen molar-refractivity contribution in [2.24, 2.45) is 0 Å². The molecule has 1 unspecified atom stereocenters. The first-order chi connectivity index (χ1) is 11.0. The highest BCUT2D eigenvalue weighted by atomic mass is 16.6. The van der Waals surface area contributed by atoms with Crippen LogP contribution >= 0.6 is 0 Å². The maximum Gasteiger partial charge on any atom is 0.417 e. The molecule has 1 aromatic rings. The number of ether oxygens (including phenoxy) is 1. The molecule has 0 aliphatic carbocycles. The van der Waals surface area contributed by atoms with E-state index in [0.29, 0.717) is 25.1 Å². The van der Waals surface area contributed by atoms with Crippen LogP contribution in [-0.4, -0.2) is 67.5 Å². The van der Waals surface area contributed by atoms with Crippen LogP contribution in [0.4, 0.5) is 10.5 Å². The van der Waals surface area contributed by atoms with Gasteiger partial charge in [0.15, 0.2) is 6.61 Å². The molecule has 7 nitrogen and oxygen atoms in total. The van der Waals surface area contributed by atoms with Crippen molar-refractivity contribution in [1.29, 1.82) is 0 Å². The minimum absolute atomic E-state index is 0.0854. The average molecular weight is 317 g/mol. The van der Waals surface area contributed by atoms with E-state index < -0.39 is 6.09 Å². The number of carbonyl (C=O) groups excluding carboxylic acids is 3. The number of imide groups is 1. The molecule has 2 saturated heterocycles. The fourth-order valence-electron chi connectivity index (χ4n) is 2.94. The average Bonchev–Trinajstić information content (AvgIpc) is 3.13. The monoisotopic (exact) mass is 317 g/mol. The fourth-order valence-corrected chi connectivity index (χ4v) is 2.94. The Morgan fingerprint density at radius 3 is 2.48 bits per heavy atom. The van der Waals surface area contributed by atoms with E-state index in [-0.39, 0.29) is 24.5 Å². The second-order valence-electron chi connectivity index (χ2n) is 5.95. The van der Waals surface area contributed by atoms with Crippen LogP contribution in [0, 0.1) is 0 Å². The van der Waals surface area contributed by atoms with Gasteiger partial charge in [-0.3, -0.25) is 9.59 Å². The summed E-state index contributed by atoms with van der Waals surface area (Å²) in [4.78, 5) is 40.6. The summed E-state index contributed by atoms with van der Waals surface area (Å²) < 4.78 is 4.74. The van der Waals surface area contributed by atoms with Gasteiger partial charge in [-0.25, -0.2) is 9.69 Å². The zero-order valence-corrected chi connectivity index (χ0v) is 13.2. The Bertz CT molecular complexity index is 625. The molecule has 2 aliphatic heterocycles. The Kier molecular flexibility index (Phi) is 3.94. The summed E-state index contributed by atoms with van der Waals surface area (Å²) in [5.41, 5.74) is 1.62. The smallest absolute Gasteiger partial charge is 0.417 e. The number of amides is 3. The second kappa shape index (κ2) is 5.91. The van der Waals surface area contributed by atoms with E-state index in [2.05, 4.69) is 0 Å². The van der Waals surface area contributed by atoms with Gasteiger partial charge < -0.3 is 14.5 Å². The molecule has 0 N–H and O–H groups in total. The van der Waals surface area contributed by atoms with Gasteiger partial charge in [0.05, 0.1) is 6.04 Å². The molecule has 1 atom stereocenters. The molecule has 0 aromatic heterocycles. The van der Waals surface area contributed by atoms with Gasteiger partial charge in [-0.2, -0.15) is 0 Å². The molecule has 2 heterocycles. The summed E-state index contributed by atoms with van der Waals surface area (Å²) in [6.07, 6.45) is -0.0211. The molecule has 1 aromatic carbocycles. The molecular formula is C16H19N3O4. The number of likely N-dealkylation sites (tertiary alicyclic amines) is 1. The van der Waals surface area contributed by atoms with E-state index in [1.807, 2.05) is 31.1 Å². The van der Waals surface area contributed by atoms with Crippen molar-refractivity contribution in [3.63, 3.8) is 0 Å². The van der Waals surface area contributed by atoms with Crippen LogP contribution in [0.1, 0.15) is 16.8 Å². The van der Waals surface area contributed by atoms with Crippen LogP contribution < -0.4 is 4.90 Å². The van der Waals surface area contributed by atoms with E-state index in [1.165, 1.54) is 0 Å². The Hall–Kier alpha value is -2.57. The van der Waals surface area contributed by atoms with Crippen molar-refractivity contribution >= 4 is 23.6 Å². The van der Waals surface area contributed by atoms with E-state index in [0.717, 1.165) is 10.6 Å². The van der Waals surface area contributed by atoms with Crippen LogP contribution in [0.3, 0.4) is 0 Å². The lowest BCUT2D eigenvalue weighted by Crippen LogP contribution is -2.42. The highest BCUT2D eigenvalue weighted by Gasteiger charge is 2.41. The molecule has 23 heavy (non-hydrogen) atoms. The van der Waals surface area contributed by atoms with Crippen molar-refractivity contribution in [3.05, 3.63) is 29.8 Å². The van der Waals surface area contributed by atoms with Gasteiger partial charge in [0.1, 0.15) is 0 Å². The predicted molar refractivity (Wildman–Crippen MR) is 83.3 cm³/mol. The van der Waals surface area contributed by atoms with E-state index in [1.54, 1.807) is 17.0 Å². The quantitative estimate of drug-likeness (QED) is 0.830. The lowest BCUT2D eigenvalue weighted by molar-refractivity contribution is -0.127. The summed E-state index contributed by atoms with van der Waals surface area (Å²) in [5, 5.41) is 0. The number of benzene rings is 1. The largest absolute Gasteiger partial charge is 0.439 e. The lowest BCUT2D eigenvalue weighted by atomic mass is 10.2. The number of rotatable bonds is 3.